The molecule has 1 amide bonds. The molecule has 0 saturated heterocycles. The van der Waals surface area contributed by atoms with Crippen LogP contribution >= 0.6 is 27.7 Å². The summed E-state index contributed by atoms with van der Waals surface area (Å²) in [5, 5.41) is 3.92. The van der Waals surface area contributed by atoms with Crippen molar-refractivity contribution in [3.63, 3.8) is 0 Å². The van der Waals surface area contributed by atoms with Gasteiger partial charge in [-0.25, -0.2) is 4.98 Å². The number of amides is 1. The van der Waals surface area contributed by atoms with Gasteiger partial charge in [-0.3, -0.25) is 14.2 Å². The molecule has 2 aromatic rings. The van der Waals surface area contributed by atoms with Crippen LogP contribution in [0.15, 0.2) is 32.6 Å². The molecule has 0 spiro atoms. The minimum atomic E-state index is -0.284. The molecule has 1 aromatic heterocycles. The highest BCUT2D eigenvalue weighted by atomic mass is 79.9. The number of carbonyl (C=O) groups excluding carboxylic acids is 1. The number of hydrogen-bond donors (Lipinski definition) is 1. The van der Waals surface area contributed by atoms with Gasteiger partial charge in [0, 0.05) is 17.1 Å². The molecule has 0 radical (unpaired) electrons. The molecule has 1 N–H and O–H groups in total. The molecular weight excluding hydrogens is 390 g/mol. The number of fused-ring (bicyclic) bond motifs is 1. The minimum absolute atomic E-state index is 0.00991. The number of benzene rings is 1. The van der Waals surface area contributed by atoms with Gasteiger partial charge in [0.25, 0.3) is 5.56 Å². The number of aromatic nitrogens is 2. The van der Waals surface area contributed by atoms with Gasteiger partial charge in [-0.2, -0.15) is 0 Å². The Morgan fingerprint density at radius 3 is 2.92 bits per heavy atom. The van der Waals surface area contributed by atoms with Gasteiger partial charge >= 0.3 is 0 Å². The average Bonchev–Trinajstić information content (AvgIpc) is 3.35. The van der Waals surface area contributed by atoms with E-state index in [1.54, 1.807) is 10.6 Å². The Kier molecular flexibility index (Phi) is 5.30. The lowest BCUT2D eigenvalue weighted by atomic mass is 10.2. The van der Waals surface area contributed by atoms with E-state index in [4.69, 9.17) is 0 Å². The van der Waals surface area contributed by atoms with Gasteiger partial charge in [0.05, 0.1) is 16.2 Å². The van der Waals surface area contributed by atoms with Gasteiger partial charge in [0.15, 0.2) is 5.16 Å². The largest absolute Gasteiger partial charge is 0.352 e. The Bertz CT molecular complexity index is 832. The fourth-order valence-electron chi connectivity index (χ4n) is 2.44. The Morgan fingerprint density at radius 1 is 1.50 bits per heavy atom. The Morgan fingerprint density at radius 2 is 2.25 bits per heavy atom. The van der Waals surface area contributed by atoms with E-state index in [0.717, 1.165) is 23.7 Å². The molecule has 0 aliphatic heterocycles. The Hall–Kier alpha value is -1.34. The highest BCUT2D eigenvalue weighted by molar-refractivity contribution is 9.10. The lowest BCUT2D eigenvalue weighted by Crippen LogP contribution is -2.33. The number of hydrogen-bond acceptors (Lipinski definition) is 4. The van der Waals surface area contributed by atoms with Crippen LogP contribution < -0.4 is 10.9 Å². The van der Waals surface area contributed by atoms with Crippen LogP contribution in [0.5, 0.6) is 0 Å². The monoisotopic (exact) mass is 409 g/mol. The third-order valence-corrected chi connectivity index (χ3v) is 5.49. The smallest absolute Gasteiger partial charge is 0.262 e. The highest BCUT2D eigenvalue weighted by Crippen LogP contribution is 2.25. The number of carbonyl (C=O) groups is 1. The van der Waals surface area contributed by atoms with E-state index in [9.17, 15) is 9.59 Å². The molecule has 1 atom stereocenters. The van der Waals surface area contributed by atoms with E-state index in [0.29, 0.717) is 28.6 Å². The summed E-state index contributed by atoms with van der Waals surface area (Å²) < 4.78 is 2.54. The van der Waals surface area contributed by atoms with Gasteiger partial charge in [-0.1, -0.05) is 34.6 Å². The molecule has 1 fully saturated rings. The van der Waals surface area contributed by atoms with Crippen molar-refractivity contribution >= 4 is 44.5 Å². The lowest BCUT2D eigenvalue weighted by molar-refractivity contribution is -0.120. The molecule has 24 heavy (non-hydrogen) atoms. The maximum absolute atomic E-state index is 12.8. The van der Waals surface area contributed by atoms with E-state index in [2.05, 4.69) is 26.2 Å². The van der Waals surface area contributed by atoms with Gasteiger partial charge in [-0.15, -0.1) is 0 Å². The zero-order chi connectivity index (χ0) is 17.3. The van der Waals surface area contributed by atoms with Crippen molar-refractivity contribution in [2.24, 2.45) is 0 Å². The fraction of sp³-hybridized carbons (Fsp3) is 0.471. The van der Waals surface area contributed by atoms with Crippen LogP contribution in [0.4, 0.5) is 0 Å². The van der Waals surface area contributed by atoms with Crippen LogP contribution in [0.2, 0.25) is 0 Å². The lowest BCUT2D eigenvalue weighted by Gasteiger charge is -2.16. The van der Waals surface area contributed by atoms with Crippen LogP contribution in [-0.2, 0) is 11.3 Å². The van der Waals surface area contributed by atoms with Crippen molar-refractivity contribution in [1.29, 1.82) is 0 Å². The van der Waals surface area contributed by atoms with Crippen LogP contribution in [0.25, 0.3) is 10.9 Å². The van der Waals surface area contributed by atoms with Crippen molar-refractivity contribution in [2.75, 3.05) is 0 Å². The first-order valence-electron chi connectivity index (χ1n) is 8.16. The number of nitrogens with one attached hydrogen (secondary N) is 1. The standard InChI is InChI=1S/C17H20BrN3O2S/c1-3-8-21-16(23)13-9-11(18)4-7-14(13)20-17(21)24-10(2)15(22)19-12-5-6-12/h4,7,9-10,12H,3,5-6,8H2,1-2H3,(H,19,22)/t10-/m1/s1. The van der Waals surface area contributed by atoms with Crippen LogP contribution in [0.3, 0.4) is 0 Å². The maximum Gasteiger partial charge on any atom is 0.262 e. The summed E-state index contributed by atoms with van der Waals surface area (Å²) in [6.07, 6.45) is 2.96. The first-order valence-corrected chi connectivity index (χ1v) is 9.84. The molecule has 1 heterocycles. The summed E-state index contributed by atoms with van der Waals surface area (Å²) in [4.78, 5) is 29.7. The molecule has 0 bridgehead atoms. The summed E-state index contributed by atoms with van der Waals surface area (Å²) in [5.74, 6) is 0.00991. The van der Waals surface area contributed by atoms with Crippen molar-refractivity contribution in [3.05, 3.63) is 33.0 Å². The zero-order valence-electron chi connectivity index (χ0n) is 13.7. The summed E-state index contributed by atoms with van der Waals surface area (Å²) in [7, 11) is 0. The predicted octanol–water partition coefficient (Wildman–Crippen LogP) is 3.33. The van der Waals surface area contributed by atoms with E-state index in [-0.39, 0.29) is 16.7 Å². The number of rotatable bonds is 6. The van der Waals surface area contributed by atoms with Crippen molar-refractivity contribution in [1.82, 2.24) is 14.9 Å². The first-order chi connectivity index (χ1) is 11.5. The minimum Gasteiger partial charge on any atom is -0.352 e. The highest BCUT2D eigenvalue weighted by Gasteiger charge is 2.27. The third-order valence-electron chi connectivity index (χ3n) is 3.90. The second-order valence-corrected chi connectivity index (χ2v) is 8.28. The third kappa shape index (κ3) is 3.83. The van der Waals surface area contributed by atoms with Crippen LogP contribution in [0, 0.1) is 0 Å². The fourth-order valence-corrected chi connectivity index (χ4v) is 3.75. The van der Waals surface area contributed by atoms with E-state index < -0.39 is 0 Å². The molecular formula is C17H20BrN3O2S. The number of halogens is 1. The molecule has 3 rings (SSSR count). The maximum atomic E-state index is 12.8. The van der Waals surface area contributed by atoms with E-state index in [1.807, 2.05) is 26.0 Å². The molecule has 1 saturated carbocycles. The Balaban J connectivity index is 1.95. The molecule has 128 valence electrons. The summed E-state index contributed by atoms with van der Waals surface area (Å²) in [6.45, 7) is 4.47. The summed E-state index contributed by atoms with van der Waals surface area (Å²) >= 11 is 4.75. The molecule has 5 nitrogen and oxygen atoms in total. The molecule has 1 aromatic carbocycles. The molecule has 1 aliphatic carbocycles. The molecule has 7 heteroatoms. The normalized spacial score (nSPS) is 15.5. The second kappa shape index (κ2) is 7.27. The van der Waals surface area contributed by atoms with Crippen molar-refractivity contribution in [2.45, 2.75) is 56.1 Å². The molecule has 0 unspecified atom stereocenters. The first kappa shape index (κ1) is 17.5. The zero-order valence-corrected chi connectivity index (χ0v) is 16.1. The SMILES string of the molecule is CCCn1c(S[C@H](C)C(=O)NC2CC2)nc2ccc(Br)cc2c1=O. The molecule has 1 aliphatic rings. The van der Waals surface area contributed by atoms with Crippen molar-refractivity contribution < 1.29 is 4.79 Å². The quantitative estimate of drug-likeness (QED) is 0.586. The van der Waals surface area contributed by atoms with E-state index >= 15 is 0 Å². The van der Waals surface area contributed by atoms with E-state index in [1.165, 1.54) is 11.8 Å². The Labute approximate surface area is 153 Å². The van der Waals surface area contributed by atoms with Crippen molar-refractivity contribution in [3.8, 4) is 0 Å². The summed E-state index contributed by atoms with van der Waals surface area (Å²) in [5.41, 5.74) is 0.605. The second-order valence-electron chi connectivity index (χ2n) is 6.06. The van der Waals surface area contributed by atoms with Crippen LogP contribution in [0.1, 0.15) is 33.1 Å². The number of thioether (sulfide) groups is 1. The van der Waals surface area contributed by atoms with Crippen LogP contribution in [-0.4, -0.2) is 26.8 Å². The average molecular weight is 410 g/mol. The summed E-state index contributed by atoms with van der Waals surface area (Å²) in [6, 6.07) is 5.83. The van der Waals surface area contributed by atoms with Gasteiger partial charge in [-0.05, 0) is 44.4 Å². The van der Waals surface area contributed by atoms with Gasteiger partial charge in [0.1, 0.15) is 0 Å². The topological polar surface area (TPSA) is 64.0 Å². The number of nitrogens with zero attached hydrogens (tertiary/aromatic N) is 2. The van der Waals surface area contributed by atoms with Gasteiger partial charge < -0.3 is 5.32 Å². The van der Waals surface area contributed by atoms with Gasteiger partial charge in [0.2, 0.25) is 5.91 Å². The predicted molar refractivity (Wildman–Crippen MR) is 100 cm³/mol.